The Balaban J connectivity index is 1.43. The van der Waals surface area contributed by atoms with E-state index in [9.17, 15) is 9.18 Å². The van der Waals surface area contributed by atoms with Gasteiger partial charge in [0.25, 0.3) is 5.91 Å². The molecule has 0 unspecified atom stereocenters. The summed E-state index contributed by atoms with van der Waals surface area (Å²) in [6, 6.07) is 17.3. The number of para-hydroxylation sites is 1. The minimum Gasteiger partial charge on any atom is -0.486 e. The molecule has 0 aliphatic carbocycles. The van der Waals surface area contributed by atoms with Crippen LogP contribution in [0.15, 0.2) is 65.1 Å². The van der Waals surface area contributed by atoms with Gasteiger partial charge in [0.05, 0.1) is 0 Å². The number of ether oxygens (including phenoxy) is 1. The summed E-state index contributed by atoms with van der Waals surface area (Å²) >= 11 is 0. The average Bonchev–Trinajstić information content (AvgIpc) is 3.12. The molecular formula is C22H21FN2O3. The highest BCUT2D eigenvalue weighted by Crippen LogP contribution is 2.25. The number of carbonyl (C=O) groups is 1. The zero-order valence-corrected chi connectivity index (χ0v) is 15.6. The maximum atomic E-state index is 12.9. The zero-order valence-electron chi connectivity index (χ0n) is 15.6. The molecule has 0 spiro atoms. The van der Waals surface area contributed by atoms with E-state index in [0.717, 1.165) is 17.8 Å². The van der Waals surface area contributed by atoms with Crippen molar-refractivity contribution >= 4 is 11.6 Å². The summed E-state index contributed by atoms with van der Waals surface area (Å²) in [5, 5.41) is 0. The molecule has 0 bridgehead atoms. The second-order valence-electron chi connectivity index (χ2n) is 6.79. The van der Waals surface area contributed by atoms with Crippen LogP contribution < -0.4 is 9.64 Å². The molecule has 2 heterocycles. The van der Waals surface area contributed by atoms with Gasteiger partial charge in [-0.25, -0.2) is 4.39 Å². The van der Waals surface area contributed by atoms with Crippen molar-refractivity contribution in [2.45, 2.75) is 13.2 Å². The molecule has 0 N–H and O–H groups in total. The van der Waals surface area contributed by atoms with Crippen molar-refractivity contribution in [2.75, 3.05) is 25.0 Å². The van der Waals surface area contributed by atoms with E-state index in [1.54, 1.807) is 29.2 Å². The first-order valence-corrected chi connectivity index (χ1v) is 9.15. The molecule has 0 fully saturated rings. The molecule has 1 amide bonds. The Morgan fingerprint density at radius 2 is 1.86 bits per heavy atom. The Hall–Kier alpha value is -3.28. The van der Waals surface area contributed by atoms with Crippen LogP contribution >= 0.6 is 0 Å². The monoisotopic (exact) mass is 380 g/mol. The topological polar surface area (TPSA) is 45.9 Å². The molecular weight excluding hydrogens is 359 g/mol. The van der Waals surface area contributed by atoms with Crippen LogP contribution in [0.5, 0.6) is 5.75 Å². The van der Waals surface area contributed by atoms with Crippen LogP contribution in [0.25, 0.3) is 0 Å². The summed E-state index contributed by atoms with van der Waals surface area (Å²) in [5.41, 5.74) is 2.26. The molecule has 1 aliphatic rings. The van der Waals surface area contributed by atoms with Gasteiger partial charge < -0.3 is 19.0 Å². The Bertz CT molecular complexity index is 968. The minimum atomic E-state index is -0.317. The van der Waals surface area contributed by atoms with E-state index >= 15 is 0 Å². The van der Waals surface area contributed by atoms with Gasteiger partial charge >= 0.3 is 0 Å². The second-order valence-corrected chi connectivity index (χ2v) is 6.79. The smallest absolute Gasteiger partial charge is 0.289 e. The lowest BCUT2D eigenvalue weighted by molar-refractivity contribution is 0.0715. The SMILES string of the molecule is CN1CCN(C(=O)c2ccc(COc3ccc(F)cc3)o2)Cc2ccccc21. The van der Waals surface area contributed by atoms with E-state index in [0.29, 0.717) is 30.4 Å². The number of fused-ring (bicyclic) bond motifs is 1. The van der Waals surface area contributed by atoms with Crippen LogP contribution in [0, 0.1) is 5.82 Å². The van der Waals surface area contributed by atoms with E-state index < -0.39 is 0 Å². The van der Waals surface area contributed by atoms with Crippen molar-refractivity contribution in [3.05, 3.63) is 83.6 Å². The normalized spacial score (nSPS) is 13.8. The maximum absolute atomic E-state index is 12.9. The number of halogens is 1. The molecule has 144 valence electrons. The molecule has 4 rings (SSSR count). The largest absolute Gasteiger partial charge is 0.486 e. The van der Waals surface area contributed by atoms with Gasteiger partial charge in [-0.2, -0.15) is 0 Å². The molecule has 2 aromatic carbocycles. The van der Waals surface area contributed by atoms with E-state index in [1.807, 2.05) is 25.2 Å². The Kier molecular flexibility index (Phi) is 5.02. The van der Waals surface area contributed by atoms with Crippen molar-refractivity contribution in [1.82, 2.24) is 4.90 Å². The van der Waals surface area contributed by atoms with Gasteiger partial charge in [0, 0.05) is 32.4 Å². The number of amides is 1. The number of hydrogen-bond donors (Lipinski definition) is 0. The van der Waals surface area contributed by atoms with Crippen LogP contribution in [0.4, 0.5) is 10.1 Å². The fourth-order valence-corrected chi connectivity index (χ4v) is 3.28. The number of likely N-dealkylation sites (N-methyl/N-ethyl adjacent to an activating group) is 1. The molecule has 3 aromatic rings. The fourth-order valence-electron chi connectivity index (χ4n) is 3.28. The minimum absolute atomic E-state index is 0.141. The predicted molar refractivity (Wildman–Crippen MR) is 104 cm³/mol. The van der Waals surface area contributed by atoms with Gasteiger partial charge in [-0.05, 0) is 48.0 Å². The van der Waals surface area contributed by atoms with Crippen LogP contribution in [0.3, 0.4) is 0 Å². The highest BCUT2D eigenvalue weighted by atomic mass is 19.1. The number of carbonyl (C=O) groups excluding carboxylic acids is 1. The molecule has 1 aliphatic heterocycles. The van der Waals surface area contributed by atoms with Gasteiger partial charge in [0.2, 0.25) is 0 Å². The number of anilines is 1. The van der Waals surface area contributed by atoms with E-state index in [-0.39, 0.29) is 18.3 Å². The van der Waals surface area contributed by atoms with E-state index in [4.69, 9.17) is 9.15 Å². The zero-order chi connectivity index (χ0) is 19.5. The van der Waals surface area contributed by atoms with Gasteiger partial charge in [0.1, 0.15) is 23.9 Å². The van der Waals surface area contributed by atoms with Crippen molar-refractivity contribution < 1.29 is 18.3 Å². The quantitative estimate of drug-likeness (QED) is 0.684. The Morgan fingerprint density at radius 1 is 1.07 bits per heavy atom. The highest BCUT2D eigenvalue weighted by Gasteiger charge is 2.24. The number of rotatable bonds is 4. The van der Waals surface area contributed by atoms with Crippen molar-refractivity contribution in [2.24, 2.45) is 0 Å². The Morgan fingerprint density at radius 3 is 2.68 bits per heavy atom. The number of hydrogen-bond acceptors (Lipinski definition) is 4. The molecule has 1 aromatic heterocycles. The summed E-state index contributed by atoms with van der Waals surface area (Å²) in [4.78, 5) is 16.9. The lowest BCUT2D eigenvalue weighted by Gasteiger charge is -2.20. The van der Waals surface area contributed by atoms with Crippen molar-refractivity contribution in [3.8, 4) is 5.75 Å². The average molecular weight is 380 g/mol. The number of benzene rings is 2. The first-order chi connectivity index (χ1) is 13.6. The van der Waals surface area contributed by atoms with Crippen LogP contribution in [0.2, 0.25) is 0 Å². The second kappa shape index (κ2) is 7.76. The third-order valence-electron chi connectivity index (χ3n) is 4.82. The summed E-state index contributed by atoms with van der Waals surface area (Å²) in [5.74, 6) is 0.915. The first kappa shape index (κ1) is 18.1. The number of nitrogens with zero attached hydrogens (tertiary/aromatic N) is 2. The van der Waals surface area contributed by atoms with Gasteiger partial charge in [-0.3, -0.25) is 4.79 Å². The Labute approximate surface area is 162 Å². The van der Waals surface area contributed by atoms with Gasteiger partial charge in [-0.1, -0.05) is 18.2 Å². The van der Waals surface area contributed by atoms with E-state index in [1.165, 1.54) is 12.1 Å². The molecule has 0 radical (unpaired) electrons. The predicted octanol–water partition coefficient (Wildman–Crippen LogP) is 4.09. The highest BCUT2D eigenvalue weighted by molar-refractivity contribution is 5.91. The molecule has 28 heavy (non-hydrogen) atoms. The van der Waals surface area contributed by atoms with Gasteiger partial charge in [0.15, 0.2) is 5.76 Å². The fraction of sp³-hybridized carbons (Fsp3) is 0.227. The summed E-state index contributed by atoms with van der Waals surface area (Å²) in [6.45, 7) is 2.09. The molecule has 0 atom stereocenters. The van der Waals surface area contributed by atoms with E-state index in [2.05, 4.69) is 11.0 Å². The summed E-state index contributed by atoms with van der Waals surface area (Å²) < 4.78 is 24.2. The van der Waals surface area contributed by atoms with Crippen molar-refractivity contribution in [1.29, 1.82) is 0 Å². The summed E-state index contributed by atoms with van der Waals surface area (Å²) in [6.07, 6.45) is 0. The van der Waals surface area contributed by atoms with Gasteiger partial charge in [-0.15, -0.1) is 0 Å². The molecule has 0 saturated heterocycles. The summed E-state index contributed by atoms with van der Waals surface area (Å²) in [7, 11) is 2.03. The third-order valence-corrected chi connectivity index (χ3v) is 4.82. The maximum Gasteiger partial charge on any atom is 0.289 e. The van der Waals surface area contributed by atoms with Crippen LogP contribution in [-0.2, 0) is 13.2 Å². The molecule has 0 saturated carbocycles. The van der Waals surface area contributed by atoms with Crippen LogP contribution in [-0.4, -0.2) is 30.9 Å². The van der Waals surface area contributed by atoms with Crippen molar-refractivity contribution in [3.63, 3.8) is 0 Å². The third kappa shape index (κ3) is 3.86. The molecule has 6 heteroatoms. The molecule has 5 nitrogen and oxygen atoms in total. The standard InChI is InChI=1S/C22H21FN2O3/c1-24-12-13-25(14-16-4-2-3-5-20(16)24)22(26)21-11-10-19(28-21)15-27-18-8-6-17(23)7-9-18/h2-11H,12-15H2,1H3. The number of furan rings is 1. The lowest BCUT2D eigenvalue weighted by atomic mass is 10.1. The van der Waals surface area contributed by atoms with Crippen LogP contribution in [0.1, 0.15) is 21.9 Å². The lowest BCUT2D eigenvalue weighted by Crippen LogP contribution is -2.34. The first-order valence-electron chi connectivity index (χ1n) is 9.15.